The van der Waals surface area contributed by atoms with Crippen molar-refractivity contribution in [1.82, 2.24) is 4.98 Å². The molecular formula is C17H15N3. The second-order valence-corrected chi connectivity index (χ2v) is 4.73. The summed E-state index contributed by atoms with van der Waals surface area (Å²) >= 11 is 0. The third kappa shape index (κ3) is 3.22. The summed E-state index contributed by atoms with van der Waals surface area (Å²) in [6, 6.07) is 19.7. The fraction of sp³-hybridized carbons (Fsp3) is 0.235. The molecule has 1 heterocycles. The Labute approximate surface area is 119 Å². The summed E-state index contributed by atoms with van der Waals surface area (Å²) in [4.78, 5) is 4.47. The van der Waals surface area contributed by atoms with E-state index in [0.29, 0.717) is 6.42 Å². The van der Waals surface area contributed by atoms with Gasteiger partial charge in [-0.05, 0) is 31.0 Å². The fourth-order valence-corrected chi connectivity index (χ4v) is 2.28. The van der Waals surface area contributed by atoms with Gasteiger partial charge in [0.15, 0.2) is 0 Å². The Morgan fingerprint density at radius 1 is 1.00 bits per heavy atom. The number of hydrogen-bond acceptors (Lipinski definition) is 3. The maximum absolute atomic E-state index is 9.20. The van der Waals surface area contributed by atoms with Gasteiger partial charge in [-0.3, -0.25) is 4.98 Å². The average molecular weight is 261 g/mol. The maximum Gasteiger partial charge on any atom is 0.140 e. The minimum Gasteiger partial charge on any atom is -0.258 e. The van der Waals surface area contributed by atoms with Gasteiger partial charge in [0.2, 0.25) is 0 Å². The van der Waals surface area contributed by atoms with Gasteiger partial charge in [0, 0.05) is 17.3 Å². The lowest BCUT2D eigenvalue weighted by Crippen LogP contribution is -2.13. The molecule has 0 aliphatic rings. The molecule has 3 heteroatoms. The van der Waals surface area contributed by atoms with Crippen molar-refractivity contribution >= 4 is 0 Å². The van der Waals surface area contributed by atoms with Gasteiger partial charge >= 0.3 is 0 Å². The van der Waals surface area contributed by atoms with Gasteiger partial charge in [-0.25, -0.2) is 0 Å². The SMILES string of the molecule is Cc1cccc(CC(c2ccccc2)C(C#N)C#N)n1. The highest BCUT2D eigenvalue weighted by molar-refractivity contribution is 5.27. The molecule has 2 rings (SSSR count). The lowest BCUT2D eigenvalue weighted by molar-refractivity contribution is 0.599. The molecule has 2 aromatic rings. The van der Waals surface area contributed by atoms with Crippen LogP contribution >= 0.6 is 0 Å². The Morgan fingerprint density at radius 3 is 2.30 bits per heavy atom. The highest BCUT2D eigenvalue weighted by atomic mass is 14.7. The molecular weight excluding hydrogens is 246 g/mol. The van der Waals surface area contributed by atoms with Crippen molar-refractivity contribution in [3.8, 4) is 12.1 Å². The molecule has 1 aromatic heterocycles. The van der Waals surface area contributed by atoms with Crippen LogP contribution in [0.5, 0.6) is 0 Å². The van der Waals surface area contributed by atoms with Crippen molar-refractivity contribution < 1.29 is 0 Å². The zero-order valence-electron chi connectivity index (χ0n) is 11.3. The summed E-state index contributed by atoms with van der Waals surface area (Å²) in [7, 11) is 0. The molecule has 0 spiro atoms. The van der Waals surface area contributed by atoms with Crippen LogP contribution in [-0.2, 0) is 6.42 Å². The van der Waals surface area contributed by atoms with E-state index < -0.39 is 5.92 Å². The van der Waals surface area contributed by atoms with E-state index >= 15 is 0 Å². The summed E-state index contributed by atoms with van der Waals surface area (Å²) in [5.74, 6) is -0.819. The van der Waals surface area contributed by atoms with E-state index in [4.69, 9.17) is 0 Å². The molecule has 0 aliphatic heterocycles. The minimum absolute atomic E-state index is 0.152. The Kier molecular flexibility index (Phi) is 4.47. The number of nitrogens with zero attached hydrogens (tertiary/aromatic N) is 3. The van der Waals surface area contributed by atoms with Crippen molar-refractivity contribution in [2.75, 3.05) is 0 Å². The molecule has 0 N–H and O–H groups in total. The third-order valence-corrected chi connectivity index (χ3v) is 3.28. The predicted molar refractivity (Wildman–Crippen MR) is 76.6 cm³/mol. The van der Waals surface area contributed by atoms with Crippen molar-refractivity contribution in [1.29, 1.82) is 10.5 Å². The second-order valence-electron chi connectivity index (χ2n) is 4.73. The summed E-state index contributed by atoms with van der Waals surface area (Å²) in [5.41, 5.74) is 2.86. The van der Waals surface area contributed by atoms with Crippen LogP contribution in [0, 0.1) is 35.5 Å². The topological polar surface area (TPSA) is 60.5 Å². The molecule has 0 amide bonds. The Morgan fingerprint density at radius 2 is 1.70 bits per heavy atom. The van der Waals surface area contributed by atoms with E-state index in [2.05, 4.69) is 17.1 Å². The maximum atomic E-state index is 9.20. The lowest BCUT2D eigenvalue weighted by Gasteiger charge is -2.17. The quantitative estimate of drug-likeness (QED) is 0.847. The van der Waals surface area contributed by atoms with Crippen LogP contribution < -0.4 is 0 Å². The molecule has 1 aromatic carbocycles. The number of aromatic nitrogens is 1. The number of rotatable bonds is 4. The molecule has 0 saturated carbocycles. The molecule has 98 valence electrons. The van der Waals surface area contributed by atoms with Crippen LogP contribution in [0.2, 0.25) is 0 Å². The zero-order valence-corrected chi connectivity index (χ0v) is 11.3. The van der Waals surface area contributed by atoms with Crippen LogP contribution in [0.25, 0.3) is 0 Å². The molecule has 3 nitrogen and oxygen atoms in total. The van der Waals surface area contributed by atoms with Gasteiger partial charge in [-0.15, -0.1) is 0 Å². The smallest absolute Gasteiger partial charge is 0.140 e. The van der Waals surface area contributed by atoms with E-state index in [1.165, 1.54) is 0 Å². The number of benzene rings is 1. The third-order valence-electron chi connectivity index (χ3n) is 3.28. The minimum atomic E-state index is -0.667. The van der Waals surface area contributed by atoms with Crippen LogP contribution in [0.15, 0.2) is 48.5 Å². The molecule has 20 heavy (non-hydrogen) atoms. The highest BCUT2D eigenvalue weighted by Gasteiger charge is 2.23. The largest absolute Gasteiger partial charge is 0.258 e. The lowest BCUT2D eigenvalue weighted by atomic mass is 9.84. The monoisotopic (exact) mass is 261 g/mol. The van der Waals surface area contributed by atoms with Gasteiger partial charge in [0.25, 0.3) is 0 Å². The van der Waals surface area contributed by atoms with E-state index in [1.54, 1.807) is 0 Å². The fourth-order valence-electron chi connectivity index (χ4n) is 2.28. The molecule has 1 unspecified atom stereocenters. The number of nitriles is 2. The summed E-state index contributed by atoms with van der Waals surface area (Å²) in [5, 5.41) is 18.4. The Bertz CT molecular complexity index is 636. The van der Waals surface area contributed by atoms with Crippen molar-refractivity contribution in [2.24, 2.45) is 5.92 Å². The number of aryl methyl sites for hydroxylation is 1. The second kappa shape index (κ2) is 6.50. The average Bonchev–Trinajstić information content (AvgIpc) is 2.48. The molecule has 1 atom stereocenters. The Balaban J connectivity index is 2.33. The molecule has 0 bridgehead atoms. The van der Waals surface area contributed by atoms with Crippen LogP contribution in [0.4, 0.5) is 0 Å². The van der Waals surface area contributed by atoms with E-state index in [-0.39, 0.29) is 5.92 Å². The highest BCUT2D eigenvalue weighted by Crippen LogP contribution is 2.27. The van der Waals surface area contributed by atoms with Gasteiger partial charge in [0.05, 0.1) is 12.1 Å². The number of hydrogen-bond donors (Lipinski definition) is 0. The molecule has 0 aliphatic carbocycles. The summed E-state index contributed by atoms with van der Waals surface area (Å²) < 4.78 is 0. The van der Waals surface area contributed by atoms with Crippen LogP contribution in [0.3, 0.4) is 0 Å². The first kappa shape index (κ1) is 13.8. The standard InChI is InChI=1S/C17H15N3/c1-13-6-5-9-16(20-13)10-17(15(11-18)12-19)14-7-3-2-4-8-14/h2-9,15,17H,10H2,1H3. The van der Waals surface area contributed by atoms with Crippen LogP contribution in [0.1, 0.15) is 22.9 Å². The molecule has 0 radical (unpaired) electrons. The van der Waals surface area contributed by atoms with E-state index in [0.717, 1.165) is 17.0 Å². The van der Waals surface area contributed by atoms with E-state index in [9.17, 15) is 10.5 Å². The van der Waals surface area contributed by atoms with Gasteiger partial charge in [0.1, 0.15) is 5.92 Å². The van der Waals surface area contributed by atoms with Crippen molar-refractivity contribution in [3.63, 3.8) is 0 Å². The first-order valence-corrected chi connectivity index (χ1v) is 6.51. The first-order valence-electron chi connectivity index (χ1n) is 6.51. The summed E-state index contributed by atoms with van der Waals surface area (Å²) in [6.07, 6.45) is 0.595. The normalized spacial score (nSPS) is 11.6. The number of pyridine rings is 1. The molecule has 0 fully saturated rings. The van der Waals surface area contributed by atoms with E-state index in [1.807, 2.05) is 55.5 Å². The first-order chi connectivity index (χ1) is 9.74. The van der Waals surface area contributed by atoms with Gasteiger partial charge < -0.3 is 0 Å². The van der Waals surface area contributed by atoms with Crippen LogP contribution in [-0.4, -0.2) is 4.98 Å². The van der Waals surface area contributed by atoms with Gasteiger partial charge in [-0.1, -0.05) is 36.4 Å². The van der Waals surface area contributed by atoms with Crippen molar-refractivity contribution in [2.45, 2.75) is 19.3 Å². The zero-order chi connectivity index (χ0) is 14.4. The summed E-state index contributed by atoms with van der Waals surface area (Å²) in [6.45, 7) is 1.94. The van der Waals surface area contributed by atoms with Crippen molar-refractivity contribution in [3.05, 3.63) is 65.5 Å². The molecule has 0 saturated heterocycles. The predicted octanol–water partition coefficient (Wildman–Crippen LogP) is 3.38. The van der Waals surface area contributed by atoms with Gasteiger partial charge in [-0.2, -0.15) is 10.5 Å². The Hall–Kier alpha value is -2.65.